The fourth-order valence-electron chi connectivity index (χ4n) is 5.46. The molecule has 0 unspecified atom stereocenters. The van der Waals surface area contributed by atoms with Gasteiger partial charge in [-0.25, -0.2) is 4.79 Å². The van der Waals surface area contributed by atoms with Crippen LogP contribution in [-0.2, 0) is 9.53 Å². The van der Waals surface area contributed by atoms with Gasteiger partial charge in [-0.2, -0.15) is 0 Å². The second-order valence-corrected chi connectivity index (χ2v) is 10.9. The molecule has 2 aliphatic rings. The number of amides is 2. The highest BCUT2D eigenvalue weighted by Crippen LogP contribution is 2.38. The number of aliphatic hydroxyl groups is 1. The van der Waals surface area contributed by atoms with Gasteiger partial charge >= 0.3 is 6.09 Å². The number of anilines is 1. The predicted octanol–water partition coefficient (Wildman–Crippen LogP) is 3.87. The molecule has 2 aromatic rings. The number of ether oxygens (including phenoxy) is 1. The SMILES string of the molecule is CC(C)(C)NC(=O)[C@@H]1C[C@@H]2CCCC[C@@H]2CN1C[C@@H](O)COC(=O)Nc1cccc2[nH]ccc12. The molecular weight excluding hydrogens is 432 g/mol. The summed E-state index contributed by atoms with van der Waals surface area (Å²) in [5, 5.41) is 17.5. The number of benzene rings is 1. The number of carbonyl (C=O) groups is 2. The van der Waals surface area contributed by atoms with E-state index in [2.05, 4.69) is 20.5 Å². The molecule has 1 aromatic heterocycles. The first-order chi connectivity index (χ1) is 16.2. The third kappa shape index (κ3) is 6.10. The molecule has 4 atom stereocenters. The molecule has 1 aliphatic carbocycles. The average Bonchev–Trinajstić information content (AvgIpc) is 3.26. The maximum absolute atomic E-state index is 13.1. The van der Waals surface area contributed by atoms with Crippen LogP contribution in [0.4, 0.5) is 10.5 Å². The second kappa shape index (κ2) is 10.4. The van der Waals surface area contributed by atoms with Crippen LogP contribution in [0.5, 0.6) is 0 Å². The number of piperidine rings is 1. The quantitative estimate of drug-likeness (QED) is 0.513. The van der Waals surface area contributed by atoms with Gasteiger partial charge in [-0.3, -0.25) is 15.0 Å². The van der Waals surface area contributed by atoms with E-state index in [1.165, 1.54) is 25.7 Å². The normalized spacial score (nSPS) is 24.3. The number of aromatic amines is 1. The number of nitrogens with zero attached hydrogens (tertiary/aromatic N) is 1. The topological polar surface area (TPSA) is 107 Å². The highest BCUT2D eigenvalue weighted by Gasteiger charge is 2.41. The van der Waals surface area contributed by atoms with E-state index < -0.39 is 12.2 Å². The predicted molar refractivity (Wildman–Crippen MR) is 133 cm³/mol. The van der Waals surface area contributed by atoms with E-state index in [9.17, 15) is 14.7 Å². The summed E-state index contributed by atoms with van der Waals surface area (Å²) in [6.45, 7) is 6.91. The molecule has 2 amide bonds. The molecule has 0 spiro atoms. The number of carbonyl (C=O) groups excluding carboxylic acids is 2. The molecule has 8 heteroatoms. The molecule has 1 aromatic carbocycles. The molecule has 186 valence electrons. The summed E-state index contributed by atoms with van der Waals surface area (Å²) in [5.74, 6) is 1.14. The number of nitrogens with one attached hydrogen (secondary N) is 3. The monoisotopic (exact) mass is 470 g/mol. The Balaban J connectivity index is 1.34. The minimum atomic E-state index is -0.876. The number of H-pyrrole nitrogens is 1. The van der Waals surface area contributed by atoms with Gasteiger partial charge < -0.3 is 20.1 Å². The van der Waals surface area contributed by atoms with Gasteiger partial charge in [-0.15, -0.1) is 0 Å². The Bertz CT molecular complexity index is 998. The molecule has 4 rings (SSSR count). The van der Waals surface area contributed by atoms with Gasteiger partial charge in [-0.05, 0) is 63.6 Å². The van der Waals surface area contributed by atoms with Crippen LogP contribution >= 0.6 is 0 Å². The van der Waals surface area contributed by atoms with Crippen molar-refractivity contribution in [2.24, 2.45) is 11.8 Å². The number of aliphatic hydroxyl groups excluding tert-OH is 1. The van der Waals surface area contributed by atoms with E-state index in [0.717, 1.165) is 23.9 Å². The van der Waals surface area contributed by atoms with Crippen LogP contribution in [0, 0.1) is 11.8 Å². The van der Waals surface area contributed by atoms with E-state index in [1.54, 1.807) is 6.07 Å². The Kier molecular flexibility index (Phi) is 7.48. The summed E-state index contributed by atoms with van der Waals surface area (Å²) in [7, 11) is 0. The Labute approximate surface area is 201 Å². The number of rotatable bonds is 6. The van der Waals surface area contributed by atoms with Crippen molar-refractivity contribution >= 4 is 28.6 Å². The fourth-order valence-corrected chi connectivity index (χ4v) is 5.46. The number of hydrogen-bond acceptors (Lipinski definition) is 5. The highest BCUT2D eigenvalue weighted by molar-refractivity contribution is 5.98. The zero-order valence-electron chi connectivity index (χ0n) is 20.5. The molecule has 8 nitrogen and oxygen atoms in total. The standard InChI is InChI=1S/C26H38N4O4/c1-26(2,3)29-24(32)23-13-17-7-4-5-8-18(17)14-30(23)15-19(31)16-34-25(33)28-22-10-6-9-21-20(22)11-12-27-21/h6,9-12,17-19,23,27,31H,4-5,7-8,13-16H2,1-3H3,(H,28,33)(H,29,32)/t17-,18+,19+,23-/m0/s1. The largest absolute Gasteiger partial charge is 0.447 e. The van der Waals surface area contributed by atoms with Crippen LogP contribution in [0.15, 0.2) is 30.5 Å². The number of likely N-dealkylation sites (tertiary alicyclic amines) is 1. The average molecular weight is 471 g/mol. The third-order valence-electron chi connectivity index (χ3n) is 6.99. The third-order valence-corrected chi connectivity index (χ3v) is 6.99. The molecule has 1 saturated heterocycles. The molecule has 2 fully saturated rings. The lowest BCUT2D eigenvalue weighted by molar-refractivity contribution is -0.132. The molecule has 4 N–H and O–H groups in total. The number of fused-ring (bicyclic) bond motifs is 2. The van der Waals surface area contributed by atoms with Crippen molar-refractivity contribution in [2.45, 2.75) is 70.6 Å². The lowest BCUT2D eigenvalue weighted by atomic mass is 9.72. The van der Waals surface area contributed by atoms with Crippen LogP contribution in [0.25, 0.3) is 10.9 Å². The minimum absolute atomic E-state index is 0.0157. The molecule has 2 heterocycles. The smallest absolute Gasteiger partial charge is 0.411 e. The first-order valence-electron chi connectivity index (χ1n) is 12.4. The lowest BCUT2D eigenvalue weighted by Crippen LogP contribution is -2.58. The van der Waals surface area contributed by atoms with E-state index in [4.69, 9.17) is 4.74 Å². The Morgan fingerprint density at radius 1 is 1.21 bits per heavy atom. The van der Waals surface area contributed by atoms with Crippen molar-refractivity contribution < 1.29 is 19.4 Å². The van der Waals surface area contributed by atoms with Gasteiger partial charge in [-0.1, -0.05) is 25.3 Å². The fraction of sp³-hybridized carbons (Fsp3) is 0.615. The minimum Gasteiger partial charge on any atom is -0.447 e. The molecular formula is C26H38N4O4. The zero-order chi connectivity index (χ0) is 24.3. The summed E-state index contributed by atoms with van der Waals surface area (Å²) >= 11 is 0. The van der Waals surface area contributed by atoms with Crippen molar-refractivity contribution in [3.63, 3.8) is 0 Å². The molecule has 1 aliphatic heterocycles. The summed E-state index contributed by atoms with van der Waals surface area (Å²) in [6.07, 6.45) is 5.96. The summed E-state index contributed by atoms with van der Waals surface area (Å²) < 4.78 is 5.32. The molecule has 34 heavy (non-hydrogen) atoms. The molecule has 1 saturated carbocycles. The first kappa shape index (κ1) is 24.5. The molecule has 0 bridgehead atoms. The van der Waals surface area contributed by atoms with Crippen LogP contribution in [0.3, 0.4) is 0 Å². The van der Waals surface area contributed by atoms with Crippen LogP contribution in [-0.4, -0.2) is 64.4 Å². The summed E-state index contributed by atoms with van der Waals surface area (Å²) in [6, 6.07) is 7.20. The van der Waals surface area contributed by atoms with Gasteiger partial charge in [0.15, 0.2) is 0 Å². The van der Waals surface area contributed by atoms with Crippen molar-refractivity contribution in [1.82, 2.24) is 15.2 Å². The van der Waals surface area contributed by atoms with Gasteiger partial charge in [0.2, 0.25) is 5.91 Å². The van der Waals surface area contributed by atoms with Crippen molar-refractivity contribution in [2.75, 3.05) is 25.0 Å². The Morgan fingerprint density at radius 2 is 1.97 bits per heavy atom. The maximum atomic E-state index is 13.1. The zero-order valence-corrected chi connectivity index (χ0v) is 20.5. The van der Waals surface area contributed by atoms with E-state index in [0.29, 0.717) is 24.1 Å². The number of aromatic nitrogens is 1. The first-order valence-corrected chi connectivity index (χ1v) is 12.4. The van der Waals surface area contributed by atoms with Crippen LogP contribution < -0.4 is 10.6 Å². The summed E-state index contributed by atoms with van der Waals surface area (Å²) in [5.41, 5.74) is 1.26. The van der Waals surface area contributed by atoms with Crippen molar-refractivity contribution in [3.8, 4) is 0 Å². The van der Waals surface area contributed by atoms with Crippen molar-refractivity contribution in [1.29, 1.82) is 0 Å². The Hall–Kier alpha value is -2.58. The van der Waals surface area contributed by atoms with Gasteiger partial charge in [0.1, 0.15) is 12.7 Å². The van der Waals surface area contributed by atoms with E-state index >= 15 is 0 Å². The molecule has 0 radical (unpaired) electrons. The van der Waals surface area contributed by atoms with Gasteiger partial charge in [0.05, 0.1) is 11.7 Å². The van der Waals surface area contributed by atoms with E-state index in [1.807, 2.05) is 45.2 Å². The van der Waals surface area contributed by atoms with Gasteiger partial charge in [0, 0.05) is 35.7 Å². The van der Waals surface area contributed by atoms with Crippen LogP contribution in [0.1, 0.15) is 52.9 Å². The highest BCUT2D eigenvalue weighted by atomic mass is 16.6. The van der Waals surface area contributed by atoms with E-state index in [-0.39, 0.29) is 24.1 Å². The van der Waals surface area contributed by atoms with Gasteiger partial charge in [0.25, 0.3) is 0 Å². The summed E-state index contributed by atoms with van der Waals surface area (Å²) in [4.78, 5) is 30.7. The number of hydrogen-bond donors (Lipinski definition) is 4. The van der Waals surface area contributed by atoms with Crippen LogP contribution in [0.2, 0.25) is 0 Å². The van der Waals surface area contributed by atoms with Crippen molar-refractivity contribution in [3.05, 3.63) is 30.5 Å². The lowest BCUT2D eigenvalue weighted by Gasteiger charge is -2.46. The number of β-amino-alcohol motifs (C(OH)–C–C–N with tert-alkyl or cyclic N) is 1. The second-order valence-electron chi connectivity index (χ2n) is 10.9. The Morgan fingerprint density at radius 3 is 2.74 bits per heavy atom. The maximum Gasteiger partial charge on any atom is 0.411 e.